The quantitative estimate of drug-likeness (QED) is 0.175. The minimum atomic E-state index is -3.00. The van der Waals surface area contributed by atoms with Crippen molar-refractivity contribution < 1.29 is 19.3 Å². The highest BCUT2D eigenvalue weighted by atomic mass is 127. The largest absolute Gasteiger partial charge is 0.355 e. The van der Waals surface area contributed by atoms with Gasteiger partial charge in [0.2, 0.25) is 0 Å². The number of nitrogens with one attached hydrogen (secondary N) is 2. The first-order valence-electron chi connectivity index (χ1n) is 13.3. The fraction of sp³-hybridized carbons (Fsp3) is 0.290. The lowest BCUT2D eigenvalue weighted by Gasteiger charge is -2.36. The molecule has 3 aromatic rings. The van der Waals surface area contributed by atoms with Crippen LogP contribution >= 0.6 is 43.3 Å². The Morgan fingerprint density at radius 2 is 1.93 bits per heavy atom. The van der Waals surface area contributed by atoms with Crippen LogP contribution in [0.2, 0.25) is 0 Å². The third kappa shape index (κ3) is 6.41. The van der Waals surface area contributed by atoms with E-state index in [1.807, 2.05) is 6.07 Å². The fourth-order valence-electron chi connectivity index (χ4n) is 5.52. The molecule has 1 fully saturated rings. The summed E-state index contributed by atoms with van der Waals surface area (Å²) < 4.78 is 27.8. The number of aromatic nitrogens is 1. The maximum absolute atomic E-state index is 13.7. The van der Waals surface area contributed by atoms with E-state index in [4.69, 9.17) is 0 Å². The molecule has 5 nitrogen and oxygen atoms in total. The number of carbonyl (C=O) groups is 1. The first-order chi connectivity index (χ1) is 19.1. The summed E-state index contributed by atoms with van der Waals surface area (Å²) in [6.07, 6.45) is 6.09. The molecule has 210 valence electrons. The number of halogens is 4. The number of para-hydroxylation sites is 1. The Hall–Kier alpha value is -2.38. The molecule has 1 saturated carbocycles. The van der Waals surface area contributed by atoms with Gasteiger partial charge in [0.15, 0.2) is 3.63 Å². The Labute approximate surface area is 256 Å². The number of nitrogens with zero attached hydrogens (tertiary/aromatic N) is 1. The van der Waals surface area contributed by atoms with Crippen LogP contribution in [0.4, 0.5) is 8.78 Å². The van der Waals surface area contributed by atoms with E-state index in [9.17, 15) is 13.6 Å². The lowest BCUT2D eigenvalue weighted by molar-refractivity contribution is -0.207. The van der Waals surface area contributed by atoms with Gasteiger partial charge in [0, 0.05) is 68.9 Å². The number of H-pyrrole nitrogens is 1. The van der Waals surface area contributed by atoms with Gasteiger partial charge in [0.25, 0.3) is 5.91 Å². The van der Waals surface area contributed by atoms with Crippen LogP contribution in [0.5, 0.6) is 0 Å². The molecule has 0 spiro atoms. The molecule has 5 rings (SSSR count). The minimum absolute atomic E-state index is 0.162. The number of allylic oxidation sites excluding steroid dienone is 2. The van der Waals surface area contributed by atoms with Gasteiger partial charge in [-0.05, 0) is 98.9 Å². The van der Waals surface area contributed by atoms with Crippen molar-refractivity contribution in [1.82, 2.24) is 15.2 Å². The van der Waals surface area contributed by atoms with Crippen molar-refractivity contribution >= 4 is 69.3 Å². The SMILES string of the molecule is C=C(C1CCC(CNC(=O)c2cccc(C(F)(F)I)c2)CC1)N1C=CI=C([NH3+])C1=C(C)c1cc2ccccc2[nH]1. The number of carbonyl (C=O) groups excluding carboxylic acids is 1. The number of fused-ring (bicyclic) bond motifs is 1. The van der Waals surface area contributed by atoms with Crippen LogP contribution in [0.1, 0.15) is 54.2 Å². The zero-order valence-electron chi connectivity index (χ0n) is 22.3. The van der Waals surface area contributed by atoms with Gasteiger partial charge in [0.1, 0.15) is 5.70 Å². The van der Waals surface area contributed by atoms with Gasteiger partial charge >= 0.3 is 3.93 Å². The molecule has 2 aliphatic rings. The van der Waals surface area contributed by atoms with Crippen molar-refractivity contribution in [3.8, 4) is 0 Å². The van der Waals surface area contributed by atoms with Crippen LogP contribution in [0.25, 0.3) is 16.5 Å². The number of quaternary nitrogens is 1. The first-order valence-corrected chi connectivity index (χ1v) is 16.7. The van der Waals surface area contributed by atoms with Gasteiger partial charge in [-0.2, -0.15) is 8.78 Å². The lowest BCUT2D eigenvalue weighted by atomic mass is 9.80. The summed E-state index contributed by atoms with van der Waals surface area (Å²) in [6.45, 7) is 7.24. The van der Waals surface area contributed by atoms with Gasteiger partial charge in [-0.25, -0.2) is 0 Å². The van der Waals surface area contributed by atoms with Crippen molar-refractivity contribution in [3.05, 3.63) is 99.7 Å². The minimum Gasteiger partial charge on any atom is -0.355 e. The van der Waals surface area contributed by atoms with Crippen LogP contribution in [0.15, 0.2) is 82.9 Å². The molecule has 5 N–H and O–H groups in total. The van der Waals surface area contributed by atoms with E-state index in [1.54, 1.807) is 6.07 Å². The number of hydrogen-bond donors (Lipinski definition) is 3. The van der Waals surface area contributed by atoms with Crippen molar-refractivity contribution in [1.29, 1.82) is 0 Å². The van der Waals surface area contributed by atoms with Gasteiger partial charge in [-0.3, -0.25) is 4.79 Å². The van der Waals surface area contributed by atoms with Gasteiger partial charge in [0.05, 0.1) is 0 Å². The lowest BCUT2D eigenvalue weighted by Crippen LogP contribution is -2.59. The van der Waals surface area contributed by atoms with E-state index in [-0.39, 0.29) is 37.8 Å². The number of amides is 1. The molecule has 2 heterocycles. The smallest absolute Gasteiger partial charge is 0.321 e. The zero-order valence-corrected chi connectivity index (χ0v) is 26.6. The van der Waals surface area contributed by atoms with Crippen molar-refractivity contribution in [2.24, 2.45) is 11.8 Å². The fourth-order valence-corrected chi connectivity index (χ4v) is 7.73. The molecular formula is C31H33F2I2N4O+. The van der Waals surface area contributed by atoms with Gasteiger partial charge in [-0.1, -0.05) is 36.9 Å². The summed E-state index contributed by atoms with van der Waals surface area (Å²) in [7, 11) is 0. The third-order valence-electron chi connectivity index (χ3n) is 7.82. The molecule has 0 unspecified atom stereocenters. The maximum atomic E-state index is 13.7. The van der Waals surface area contributed by atoms with Crippen LogP contribution in [0, 0.1) is 11.8 Å². The van der Waals surface area contributed by atoms with E-state index in [0.717, 1.165) is 70.9 Å². The van der Waals surface area contributed by atoms with Crippen molar-refractivity contribution in [3.63, 3.8) is 0 Å². The van der Waals surface area contributed by atoms with Crippen molar-refractivity contribution in [2.75, 3.05) is 6.54 Å². The molecule has 0 atom stereocenters. The molecule has 0 bridgehead atoms. The summed E-state index contributed by atoms with van der Waals surface area (Å²) in [5.41, 5.74) is 10.2. The van der Waals surface area contributed by atoms with Crippen LogP contribution in [-0.4, -0.2) is 26.0 Å². The summed E-state index contributed by atoms with van der Waals surface area (Å²) >= 11 is 0.817. The highest BCUT2D eigenvalue weighted by molar-refractivity contribution is 14.2. The Morgan fingerprint density at radius 1 is 1.18 bits per heavy atom. The summed E-state index contributed by atoms with van der Waals surface area (Å²) in [5, 5.41) is 4.15. The van der Waals surface area contributed by atoms with E-state index in [1.165, 1.54) is 32.8 Å². The predicted octanol–water partition coefficient (Wildman–Crippen LogP) is 7.26. The standard InChI is InChI=1S/C31H32F2I2N4O/c1-19(27-17-23-6-3-4-9-26(23)38-27)28-29(36)35-14-15-39(28)20(2)22-12-10-21(11-13-22)18-37-30(40)24-7-5-8-25(16-24)31(32,33)34/h3-9,14-17,21-22,38H,2,10-13,18,36H2,1H3,(H,37,40)/p+1. The van der Waals surface area contributed by atoms with Crippen LogP contribution in [0.3, 0.4) is 0 Å². The second-order valence-electron chi connectivity index (χ2n) is 10.4. The zero-order chi connectivity index (χ0) is 28.4. The van der Waals surface area contributed by atoms with Crippen LogP contribution in [-0.2, 0) is 3.93 Å². The van der Waals surface area contributed by atoms with E-state index in [0.29, 0.717) is 18.4 Å². The highest BCUT2D eigenvalue weighted by Crippen LogP contribution is 2.39. The monoisotopic (exact) mass is 769 g/mol. The molecule has 9 heteroatoms. The maximum Gasteiger partial charge on any atom is 0.321 e. The van der Waals surface area contributed by atoms with E-state index in [2.05, 4.69) is 69.0 Å². The highest BCUT2D eigenvalue weighted by Gasteiger charge is 2.31. The Balaban J connectivity index is 1.22. The molecule has 0 saturated heterocycles. The average molecular weight is 769 g/mol. The summed E-state index contributed by atoms with van der Waals surface area (Å²) in [6, 6.07) is 16.2. The second-order valence-corrected chi connectivity index (χ2v) is 14.4. The Kier molecular flexibility index (Phi) is 8.91. The normalized spacial score (nSPS) is 21.0. The van der Waals surface area contributed by atoms with Crippen molar-refractivity contribution in [2.45, 2.75) is 36.5 Å². The molecule has 1 amide bonds. The molecule has 2 aromatic carbocycles. The first kappa shape index (κ1) is 29.1. The molecule has 1 aliphatic heterocycles. The molecule has 1 aromatic heterocycles. The van der Waals surface area contributed by atoms with E-state index >= 15 is 0 Å². The number of aromatic amines is 1. The second kappa shape index (κ2) is 12.2. The number of hydrogen-bond acceptors (Lipinski definition) is 2. The number of alkyl halides is 3. The average Bonchev–Trinajstić information content (AvgIpc) is 3.39. The van der Waals surface area contributed by atoms with Crippen LogP contribution < -0.4 is 11.1 Å². The molecule has 40 heavy (non-hydrogen) atoms. The Morgan fingerprint density at radius 3 is 2.65 bits per heavy atom. The summed E-state index contributed by atoms with van der Waals surface area (Å²) in [5.74, 6) is 0.383. The molecule has 0 radical (unpaired) electrons. The molecular weight excluding hydrogens is 736 g/mol. The number of benzene rings is 2. The van der Waals surface area contributed by atoms with Gasteiger partial charge in [-0.15, -0.1) is 0 Å². The van der Waals surface area contributed by atoms with E-state index < -0.39 is 3.93 Å². The number of rotatable bonds is 7. The summed E-state index contributed by atoms with van der Waals surface area (Å²) in [4.78, 5) is 18.5. The predicted molar refractivity (Wildman–Crippen MR) is 175 cm³/mol. The van der Waals surface area contributed by atoms with Gasteiger partial charge < -0.3 is 20.9 Å². The Bertz CT molecular complexity index is 1490. The topological polar surface area (TPSA) is 75.8 Å². The third-order valence-corrected chi connectivity index (χ3v) is 10.4. The molecule has 1 aliphatic carbocycles.